The van der Waals surface area contributed by atoms with Gasteiger partial charge in [-0.25, -0.2) is 0 Å². The number of carbonyl (C=O) groups is 2. The van der Waals surface area contributed by atoms with E-state index >= 15 is 0 Å². The first-order chi connectivity index (χ1) is 18.4. The summed E-state index contributed by atoms with van der Waals surface area (Å²) in [4.78, 5) is 28.4. The zero-order valence-corrected chi connectivity index (χ0v) is 22.0. The van der Waals surface area contributed by atoms with E-state index in [0.29, 0.717) is 24.9 Å². The minimum atomic E-state index is -0.704. The zero-order valence-electron chi connectivity index (χ0n) is 22.0. The van der Waals surface area contributed by atoms with Crippen molar-refractivity contribution in [3.63, 3.8) is 0 Å². The van der Waals surface area contributed by atoms with Crippen LogP contribution < -0.4 is 5.32 Å². The molecule has 6 heteroatoms. The summed E-state index contributed by atoms with van der Waals surface area (Å²) < 4.78 is 6.32. The fourth-order valence-corrected chi connectivity index (χ4v) is 7.03. The number of rotatable bonds is 6. The van der Waals surface area contributed by atoms with Crippen molar-refractivity contribution in [1.29, 1.82) is 0 Å². The summed E-state index contributed by atoms with van der Waals surface area (Å²) in [7, 11) is 0. The van der Waals surface area contributed by atoms with E-state index in [0.717, 1.165) is 48.2 Å². The van der Waals surface area contributed by atoms with Gasteiger partial charge in [-0.1, -0.05) is 42.5 Å². The predicted octanol–water partition coefficient (Wildman–Crippen LogP) is 5.18. The average molecular weight is 513 g/mol. The number of amides is 1. The fourth-order valence-electron chi connectivity index (χ4n) is 7.03. The van der Waals surface area contributed by atoms with Gasteiger partial charge in [0.25, 0.3) is 5.91 Å². The molecule has 3 fully saturated rings. The number of nitrogens with zero attached hydrogens (tertiary/aromatic N) is 1. The van der Waals surface area contributed by atoms with E-state index in [1.807, 2.05) is 60.7 Å². The molecule has 1 heterocycles. The number of fused-ring (bicyclic) bond motifs is 2. The molecule has 6 nitrogen and oxygen atoms in total. The Morgan fingerprint density at radius 1 is 1.00 bits per heavy atom. The zero-order chi connectivity index (χ0) is 26.3. The van der Waals surface area contributed by atoms with Crippen LogP contribution in [0.3, 0.4) is 0 Å². The van der Waals surface area contributed by atoms with Crippen molar-refractivity contribution in [3.8, 4) is 5.75 Å². The van der Waals surface area contributed by atoms with Gasteiger partial charge in [-0.2, -0.15) is 0 Å². The Morgan fingerprint density at radius 3 is 2.58 bits per heavy atom. The molecule has 1 aliphatic heterocycles. The number of aromatic hydroxyl groups is 1. The number of carbonyl (C=O) groups excluding carboxylic acids is 2. The van der Waals surface area contributed by atoms with Crippen molar-refractivity contribution < 1.29 is 19.4 Å². The van der Waals surface area contributed by atoms with E-state index in [1.54, 1.807) is 6.07 Å². The van der Waals surface area contributed by atoms with Crippen LogP contribution in [-0.2, 0) is 14.9 Å². The van der Waals surface area contributed by atoms with Gasteiger partial charge in [0.05, 0.1) is 0 Å². The van der Waals surface area contributed by atoms with Crippen molar-refractivity contribution >= 4 is 22.6 Å². The van der Waals surface area contributed by atoms with Crippen molar-refractivity contribution in [2.75, 3.05) is 19.6 Å². The van der Waals surface area contributed by atoms with Crippen molar-refractivity contribution in [2.24, 2.45) is 5.92 Å². The Hall–Kier alpha value is -3.38. The maximum atomic E-state index is 13.4. The Labute approximate surface area is 224 Å². The van der Waals surface area contributed by atoms with Crippen LogP contribution in [0.4, 0.5) is 0 Å². The number of nitrogens with one attached hydrogen (secondary N) is 1. The Balaban J connectivity index is 1.32. The molecule has 1 amide bonds. The molecule has 0 unspecified atom stereocenters. The molecule has 198 valence electrons. The van der Waals surface area contributed by atoms with Gasteiger partial charge >= 0.3 is 5.97 Å². The number of esters is 1. The normalized spacial score (nSPS) is 27.4. The standard InChI is InChI=1S/C32H36N2O4/c1-22(35)38-32-14-13-28(33-30(37)26-12-11-24-5-2-3-6-25(24)17-26)19-31(32,27-7-4-8-29(36)18-27)15-16-34(21-32)20-23-9-10-23/h2-8,11-12,17-18,23,28,36H,9-10,13-16,19-21H2,1H3,(H,33,37)/t28-,31-,32-/m0/s1. The lowest BCUT2D eigenvalue weighted by atomic mass is 9.55. The quantitative estimate of drug-likeness (QED) is 0.445. The first-order valence-electron chi connectivity index (χ1n) is 13.9. The third-order valence-electron chi connectivity index (χ3n) is 9.00. The van der Waals surface area contributed by atoms with Crippen molar-refractivity contribution in [1.82, 2.24) is 10.2 Å². The number of ether oxygens (including phenoxy) is 1. The van der Waals surface area contributed by atoms with Gasteiger partial charge in [-0.05, 0) is 91.6 Å². The fraction of sp³-hybridized carbons (Fsp3) is 0.438. The van der Waals surface area contributed by atoms with Gasteiger partial charge in [-0.3, -0.25) is 14.5 Å². The summed E-state index contributed by atoms with van der Waals surface area (Å²) in [6.07, 6.45) is 5.39. The Bertz CT molecular complexity index is 1370. The maximum Gasteiger partial charge on any atom is 0.303 e. The number of hydrogen-bond donors (Lipinski definition) is 2. The summed E-state index contributed by atoms with van der Waals surface area (Å²) in [5.74, 6) is 0.589. The lowest BCUT2D eigenvalue weighted by Crippen LogP contribution is -2.68. The molecule has 0 bridgehead atoms. The topological polar surface area (TPSA) is 78.9 Å². The summed E-state index contributed by atoms with van der Waals surface area (Å²) >= 11 is 0. The van der Waals surface area contributed by atoms with Crippen LogP contribution >= 0.6 is 0 Å². The molecule has 1 saturated heterocycles. The summed E-state index contributed by atoms with van der Waals surface area (Å²) in [6.45, 7) is 4.13. The highest BCUT2D eigenvalue weighted by atomic mass is 16.6. The smallest absolute Gasteiger partial charge is 0.303 e. The van der Waals surface area contributed by atoms with Crippen LogP contribution in [0.15, 0.2) is 66.7 Å². The first-order valence-corrected chi connectivity index (χ1v) is 13.9. The second-order valence-electron chi connectivity index (χ2n) is 11.6. The average Bonchev–Trinajstić information content (AvgIpc) is 3.72. The van der Waals surface area contributed by atoms with E-state index in [-0.39, 0.29) is 23.7 Å². The van der Waals surface area contributed by atoms with Crippen LogP contribution in [-0.4, -0.2) is 53.2 Å². The molecular weight excluding hydrogens is 476 g/mol. The number of piperidine rings is 1. The van der Waals surface area contributed by atoms with Crippen LogP contribution in [0, 0.1) is 5.92 Å². The molecule has 3 aromatic carbocycles. The van der Waals surface area contributed by atoms with Crippen LogP contribution in [0.1, 0.15) is 61.4 Å². The van der Waals surface area contributed by atoms with Gasteiger partial charge < -0.3 is 15.2 Å². The first kappa shape index (κ1) is 24.9. The van der Waals surface area contributed by atoms with Crippen molar-refractivity contribution in [2.45, 2.75) is 62.5 Å². The molecule has 3 aromatic rings. The van der Waals surface area contributed by atoms with E-state index < -0.39 is 11.0 Å². The lowest BCUT2D eigenvalue weighted by Gasteiger charge is -2.59. The second kappa shape index (κ2) is 9.73. The molecule has 0 aromatic heterocycles. The van der Waals surface area contributed by atoms with Gasteiger partial charge in [0.1, 0.15) is 11.4 Å². The maximum absolute atomic E-state index is 13.4. The molecule has 3 aliphatic rings. The molecule has 38 heavy (non-hydrogen) atoms. The summed E-state index contributed by atoms with van der Waals surface area (Å²) in [5.41, 5.74) is 0.418. The molecule has 2 saturated carbocycles. The largest absolute Gasteiger partial charge is 0.508 e. The van der Waals surface area contributed by atoms with Crippen LogP contribution in [0.5, 0.6) is 5.75 Å². The minimum absolute atomic E-state index is 0.0741. The van der Waals surface area contributed by atoms with Gasteiger partial charge in [0.2, 0.25) is 0 Å². The molecule has 6 rings (SSSR count). The highest BCUT2D eigenvalue weighted by molar-refractivity contribution is 5.98. The van der Waals surface area contributed by atoms with E-state index in [1.165, 1.54) is 19.8 Å². The highest BCUT2D eigenvalue weighted by Crippen LogP contribution is 2.54. The minimum Gasteiger partial charge on any atom is -0.508 e. The second-order valence-corrected chi connectivity index (χ2v) is 11.6. The van der Waals surface area contributed by atoms with E-state index in [2.05, 4.69) is 10.2 Å². The third-order valence-corrected chi connectivity index (χ3v) is 9.00. The third kappa shape index (κ3) is 4.66. The Kier molecular flexibility index (Phi) is 6.39. The number of benzene rings is 3. The SMILES string of the molecule is CC(=O)O[C@]12CC[C@H](NC(=O)c3ccc4ccccc4c3)C[C@]1(c1cccc(O)c1)CCN(CC1CC1)C2. The molecule has 2 N–H and O–H groups in total. The predicted molar refractivity (Wildman–Crippen MR) is 147 cm³/mol. The summed E-state index contributed by atoms with van der Waals surface area (Å²) in [6, 6.07) is 21.2. The number of hydrogen-bond acceptors (Lipinski definition) is 5. The summed E-state index contributed by atoms with van der Waals surface area (Å²) in [5, 5.41) is 15.9. The van der Waals surface area contributed by atoms with Gasteiger partial charge in [0, 0.05) is 37.0 Å². The van der Waals surface area contributed by atoms with Gasteiger partial charge in [0.15, 0.2) is 0 Å². The molecular formula is C32H36N2O4. The Morgan fingerprint density at radius 2 is 1.82 bits per heavy atom. The number of likely N-dealkylation sites (tertiary alicyclic amines) is 1. The van der Waals surface area contributed by atoms with Gasteiger partial charge in [-0.15, -0.1) is 0 Å². The number of phenols is 1. The molecule has 0 radical (unpaired) electrons. The van der Waals surface area contributed by atoms with Crippen molar-refractivity contribution in [3.05, 3.63) is 77.9 Å². The molecule has 0 spiro atoms. The van der Waals surface area contributed by atoms with E-state index in [9.17, 15) is 14.7 Å². The molecule has 3 atom stereocenters. The van der Waals surface area contributed by atoms with E-state index in [4.69, 9.17) is 4.74 Å². The van der Waals surface area contributed by atoms with Crippen LogP contribution in [0.2, 0.25) is 0 Å². The monoisotopic (exact) mass is 512 g/mol. The number of phenolic OH excluding ortho intramolecular Hbond substituents is 1. The molecule has 2 aliphatic carbocycles. The lowest BCUT2D eigenvalue weighted by molar-refractivity contribution is -0.186. The van der Waals surface area contributed by atoms with Crippen LogP contribution in [0.25, 0.3) is 10.8 Å². The highest BCUT2D eigenvalue weighted by Gasteiger charge is 2.61.